The molecule has 0 radical (unpaired) electrons. The number of aldehydes is 1. The molecule has 3 unspecified atom stereocenters. The standard InChI is InChI=1S/C10H12O.C8H16/c1-9(7-8-11)10-5-3-2-4-6-10;1-7-4-3-5-8(2)6-7/h2-6,8-9H,7H2,1H3;7-8H,3-6H2,1-2H3. The SMILES string of the molecule is CC(CC=O)c1ccccc1.CC1CCCC(C)C1. The fraction of sp³-hybridized carbons (Fsp3) is 0.611. The van der Waals surface area contributed by atoms with E-state index in [-0.39, 0.29) is 0 Å². The molecule has 0 spiro atoms. The third-order valence-corrected chi connectivity index (χ3v) is 4.02. The normalized spacial score (nSPS) is 23.9. The maximum atomic E-state index is 10.2. The third-order valence-electron chi connectivity index (χ3n) is 4.02. The number of rotatable bonds is 3. The number of carbonyl (C=O) groups excluding carboxylic acids is 1. The molecule has 0 aliphatic heterocycles. The minimum Gasteiger partial charge on any atom is -0.303 e. The zero-order chi connectivity index (χ0) is 14.1. The van der Waals surface area contributed by atoms with Crippen LogP contribution in [0, 0.1) is 11.8 Å². The second-order valence-electron chi connectivity index (χ2n) is 6.09. The average Bonchev–Trinajstić information content (AvgIpc) is 2.40. The van der Waals surface area contributed by atoms with Gasteiger partial charge in [-0.15, -0.1) is 0 Å². The van der Waals surface area contributed by atoms with Gasteiger partial charge in [0.2, 0.25) is 0 Å². The van der Waals surface area contributed by atoms with Crippen LogP contribution in [0.4, 0.5) is 0 Å². The Morgan fingerprint density at radius 1 is 1.16 bits per heavy atom. The first kappa shape index (κ1) is 15.9. The van der Waals surface area contributed by atoms with Crippen LogP contribution in [-0.4, -0.2) is 6.29 Å². The van der Waals surface area contributed by atoms with Gasteiger partial charge < -0.3 is 4.79 Å². The zero-order valence-corrected chi connectivity index (χ0v) is 12.6. The molecule has 1 saturated carbocycles. The highest BCUT2D eigenvalue weighted by molar-refractivity contribution is 5.51. The average molecular weight is 260 g/mol. The molecular weight excluding hydrogens is 232 g/mol. The van der Waals surface area contributed by atoms with Crippen LogP contribution in [0.2, 0.25) is 0 Å². The van der Waals surface area contributed by atoms with Crippen LogP contribution in [-0.2, 0) is 4.79 Å². The molecule has 0 heterocycles. The Morgan fingerprint density at radius 2 is 1.74 bits per heavy atom. The lowest BCUT2D eigenvalue weighted by molar-refractivity contribution is -0.108. The topological polar surface area (TPSA) is 17.1 Å². The molecule has 0 amide bonds. The van der Waals surface area contributed by atoms with Gasteiger partial charge in [0.1, 0.15) is 6.29 Å². The predicted molar refractivity (Wildman–Crippen MR) is 82.3 cm³/mol. The number of benzene rings is 1. The maximum Gasteiger partial charge on any atom is 0.120 e. The van der Waals surface area contributed by atoms with Crippen molar-refractivity contribution in [3.05, 3.63) is 35.9 Å². The summed E-state index contributed by atoms with van der Waals surface area (Å²) in [6, 6.07) is 10.1. The first-order valence-electron chi connectivity index (χ1n) is 7.62. The molecule has 106 valence electrons. The van der Waals surface area contributed by atoms with Crippen LogP contribution in [0.15, 0.2) is 30.3 Å². The summed E-state index contributed by atoms with van der Waals surface area (Å²) < 4.78 is 0. The van der Waals surface area contributed by atoms with Crippen LogP contribution in [0.25, 0.3) is 0 Å². The van der Waals surface area contributed by atoms with E-state index in [9.17, 15) is 4.79 Å². The summed E-state index contributed by atoms with van der Waals surface area (Å²) in [5, 5.41) is 0. The summed E-state index contributed by atoms with van der Waals surface area (Å²) in [5.41, 5.74) is 1.24. The summed E-state index contributed by atoms with van der Waals surface area (Å²) in [5.74, 6) is 2.38. The van der Waals surface area contributed by atoms with E-state index >= 15 is 0 Å². The highest BCUT2D eigenvalue weighted by atomic mass is 16.1. The van der Waals surface area contributed by atoms with Gasteiger partial charge in [0, 0.05) is 6.42 Å². The quantitative estimate of drug-likeness (QED) is 0.682. The van der Waals surface area contributed by atoms with Crippen molar-refractivity contribution < 1.29 is 4.79 Å². The fourth-order valence-electron chi connectivity index (χ4n) is 2.80. The largest absolute Gasteiger partial charge is 0.303 e. The monoisotopic (exact) mass is 260 g/mol. The van der Waals surface area contributed by atoms with Crippen LogP contribution in [0.3, 0.4) is 0 Å². The summed E-state index contributed by atoms with van der Waals surface area (Å²) in [7, 11) is 0. The van der Waals surface area contributed by atoms with Crippen molar-refractivity contribution in [2.75, 3.05) is 0 Å². The first-order chi connectivity index (χ1) is 9.13. The Hall–Kier alpha value is -1.11. The van der Waals surface area contributed by atoms with Gasteiger partial charge in [0.05, 0.1) is 0 Å². The van der Waals surface area contributed by atoms with Gasteiger partial charge in [-0.05, 0) is 29.7 Å². The summed E-state index contributed by atoms with van der Waals surface area (Å²) in [4.78, 5) is 10.2. The van der Waals surface area contributed by atoms with Crippen LogP contribution in [0.1, 0.15) is 64.4 Å². The lowest BCUT2D eigenvalue weighted by Gasteiger charge is -2.22. The Labute approximate surface area is 118 Å². The van der Waals surface area contributed by atoms with Crippen LogP contribution < -0.4 is 0 Å². The second-order valence-corrected chi connectivity index (χ2v) is 6.09. The van der Waals surface area contributed by atoms with Crippen molar-refractivity contribution in [1.29, 1.82) is 0 Å². The second kappa shape index (κ2) is 8.90. The molecule has 0 bridgehead atoms. The molecule has 0 aromatic heterocycles. The molecule has 1 aliphatic carbocycles. The van der Waals surface area contributed by atoms with Gasteiger partial charge in [0.15, 0.2) is 0 Å². The van der Waals surface area contributed by atoms with Gasteiger partial charge in [0.25, 0.3) is 0 Å². The Balaban J connectivity index is 0.000000200. The smallest absolute Gasteiger partial charge is 0.120 e. The summed E-state index contributed by atoms with van der Waals surface area (Å²) in [6.07, 6.45) is 7.48. The third kappa shape index (κ3) is 6.56. The van der Waals surface area contributed by atoms with E-state index in [4.69, 9.17) is 0 Å². The van der Waals surface area contributed by atoms with Crippen molar-refractivity contribution in [2.45, 2.75) is 58.8 Å². The van der Waals surface area contributed by atoms with Gasteiger partial charge in [-0.3, -0.25) is 0 Å². The highest BCUT2D eigenvalue weighted by Crippen LogP contribution is 2.27. The van der Waals surface area contributed by atoms with E-state index in [1.54, 1.807) is 0 Å². The van der Waals surface area contributed by atoms with Crippen LogP contribution >= 0.6 is 0 Å². The number of hydrogen-bond acceptors (Lipinski definition) is 1. The predicted octanol–water partition coefficient (Wildman–Crippen LogP) is 5.21. The molecule has 1 nitrogen and oxygen atoms in total. The maximum absolute atomic E-state index is 10.2. The molecule has 2 rings (SSSR count). The van der Waals surface area contributed by atoms with E-state index in [1.165, 1.54) is 31.2 Å². The van der Waals surface area contributed by atoms with Gasteiger partial charge in [-0.2, -0.15) is 0 Å². The van der Waals surface area contributed by atoms with E-state index in [0.29, 0.717) is 12.3 Å². The Kier molecular flexibility index (Phi) is 7.47. The van der Waals surface area contributed by atoms with Crippen LogP contribution in [0.5, 0.6) is 0 Å². The highest BCUT2D eigenvalue weighted by Gasteiger charge is 2.13. The van der Waals surface area contributed by atoms with Crippen molar-refractivity contribution in [3.63, 3.8) is 0 Å². The van der Waals surface area contributed by atoms with E-state index in [0.717, 1.165) is 18.1 Å². The molecular formula is C18H28O. The van der Waals surface area contributed by atoms with Crippen molar-refractivity contribution in [2.24, 2.45) is 11.8 Å². The van der Waals surface area contributed by atoms with E-state index in [2.05, 4.69) is 20.8 Å². The lowest BCUT2D eigenvalue weighted by atomic mass is 9.84. The minimum absolute atomic E-state index is 0.355. The molecule has 19 heavy (non-hydrogen) atoms. The Morgan fingerprint density at radius 3 is 2.16 bits per heavy atom. The van der Waals surface area contributed by atoms with Crippen molar-refractivity contribution in [1.82, 2.24) is 0 Å². The fourth-order valence-corrected chi connectivity index (χ4v) is 2.80. The molecule has 1 heteroatoms. The van der Waals surface area contributed by atoms with Gasteiger partial charge in [-0.1, -0.05) is 70.4 Å². The van der Waals surface area contributed by atoms with Crippen molar-refractivity contribution in [3.8, 4) is 0 Å². The summed E-state index contributed by atoms with van der Waals surface area (Å²) >= 11 is 0. The lowest BCUT2D eigenvalue weighted by Crippen LogP contribution is -2.09. The van der Waals surface area contributed by atoms with Crippen molar-refractivity contribution >= 4 is 6.29 Å². The molecule has 1 aliphatic rings. The molecule has 0 saturated heterocycles. The minimum atomic E-state index is 0.355. The van der Waals surface area contributed by atoms with E-state index in [1.807, 2.05) is 30.3 Å². The zero-order valence-electron chi connectivity index (χ0n) is 12.6. The Bertz CT molecular complexity index is 336. The van der Waals surface area contributed by atoms with Gasteiger partial charge >= 0.3 is 0 Å². The first-order valence-corrected chi connectivity index (χ1v) is 7.62. The number of hydrogen-bond donors (Lipinski definition) is 0. The van der Waals surface area contributed by atoms with E-state index < -0.39 is 0 Å². The molecule has 1 aromatic rings. The number of carbonyl (C=O) groups is 1. The molecule has 0 N–H and O–H groups in total. The molecule has 1 fully saturated rings. The molecule has 3 atom stereocenters. The van der Waals surface area contributed by atoms with Gasteiger partial charge in [-0.25, -0.2) is 0 Å². The molecule has 1 aromatic carbocycles. The summed E-state index contributed by atoms with van der Waals surface area (Å²) in [6.45, 7) is 6.80.